The summed E-state index contributed by atoms with van der Waals surface area (Å²) < 4.78 is 10.9. The fourth-order valence-electron chi connectivity index (χ4n) is 4.24. The molecule has 0 saturated carbocycles. The fourth-order valence-corrected chi connectivity index (χ4v) is 5.25. The second-order valence-electron chi connectivity index (χ2n) is 9.56. The van der Waals surface area contributed by atoms with Gasteiger partial charge in [-0.15, -0.1) is 11.8 Å². The van der Waals surface area contributed by atoms with Gasteiger partial charge in [0.1, 0.15) is 17.2 Å². The highest BCUT2D eigenvalue weighted by atomic mass is 32.2. The Bertz CT molecular complexity index is 1610. The lowest BCUT2D eigenvalue weighted by molar-refractivity contribution is -0.116. The maximum absolute atomic E-state index is 13.5. The Morgan fingerprint density at radius 3 is 2.25 bits per heavy atom. The maximum Gasteiger partial charge on any atom is 0.272 e. The Labute approximate surface area is 261 Å². The highest BCUT2D eigenvalue weighted by Crippen LogP contribution is 2.29. The smallest absolute Gasteiger partial charge is 0.272 e. The van der Waals surface area contributed by atoms with Crippen LogP contribution in [0.1, 0.15) is 36.2 Å². The number of thioether (sulfide) groups is 1. The predicted octanol–water partition coefficient (Wildman–Crippen LogP) is 7.01. The number of ether oxygens (including phenoxy) is 2. The number of nitrogens with one attached hydrogen (secondary N) is 3. The average molecular weight is 610 g/mol. The summed E-state index contributed by atoms with van der Waals surface area (Å²) >= 11 is 1.40. The molecule has 4 aromatic rings. The molecule has 0 aliphatic heterocycles. The van der Waals surface area contributed by atoms with Crippen LogP contribution in [0.3, 0.4) is 0 Å². The molecule has 0 aromatic heterocycles. The molecule has 0 radical (unpaired) electrons. The lowest BCUT2D eigenvalue weighted by Crippen LogP contribution is -2.30. The number of para-hydroxylation sites is 1. The second-order valence-corrected chi connectivity index (χ2v) is 10.8. The zero-order valence-corrected chi connectivity index (χ0v) is 25.6. The first-order chi connectivity index (χ1) is 21.4. The molecule has 0 bridgehead atoms. The summed E-state index contributed by atoms with van der Waals surface area (Å²) in [6, 6.07) is 30.4. The first-order valence-corrected chi connectivity index (χ1v) is 15.1. The van der Waals surface area contributed by atoms with Gasteiger partial charge >= 0.3 is 0 Å². The van der Waals surface area contributed by atoms with Crippen molar-refractivity contribution in [1.29, 1.82) is 0 Å². The molecule has 9 heteroatoms. The van der Waals surface area contributed by atoms with Crippen molar-refractivity contribution in [2.24, 2.45) is 0 Å². The van der Waals surface area contributed by atoms with Gasteiger partial charge in [-0.25, -0.2) is 0 Å². The van der Waals surface area contributed by atoms with Crippen molar-refractivity contribution >= 4 is 46.9 Å². The molecule has 8 nitrogen and oxygen atoms in total. The van der Waals surface area contributed by atoms with Crippen molar-refractivity contribution < 1.29 is 23.9 Å². The number of amides is 3. The van der Waals surface area contributed by atoms with E-state index in [1.165, 1.54) is 11.8 Å². The van der Waals surface area contributed by atoms with Crippen LogP contribution < -0.4 is 25.4 Å². The van der Waals surface area contributed by atoms with Gasteiger partial charge in [-0.3, -0.25) is 14.4 Å². The molecule has 226 valence electrons. The molecule has 0 spiro atoms. The van der Waals surface area contributed by atoms with E-state index in [0.717, 1.165) is 10.6 Å². The Morgan fingerprint density at radius 1 is 0.818 bits per heavy atom. The van der Waals surface area contributed by atoms with Gasteiger partial charge in [-0.2, -0.15) is 0 Å². The Balaban J connectivity index is 1.49. The highest BCUT2D eigenvalue weighted by molar-refractivity contribution is 8.00. The maximum atomic E-state index is 13.5. The molecule has 0 aliphatic rings. The first kappa shape index (κ1) is 31.9. The third-order valence-corrected chi connectivity index (χ3v) is 7.79. The van der Waals surface area contributed by atoms with Crippen LogP contribution in [0.2, 0.25) is 0 Å². The lowest BCUT2D eigenvalue weighted by Gasteiger charge is -2.16. The Morgan fingerprint density at radius 2 is 1.55 bits per heavy atom. The summed E-state index contributed by atoms with van der Waals surface area (Å²) in [5.74, 6) is 0.241. The van der Waals surface area contributed by atoms with E-state index in [1.54, 1.807) is 67.8 Å². The summed E-state index contributed by atoms with van der Waals surface area (Å²) in [4.78, 5) is 40.4. The zero-order chi connectivity index (χ0) is 31.3. The van der Waals surface area contributed by atoms with E-state index in [4.69, 9.17) is 9.47 Å². The van der Waals surface area contributed by atoms with Gasteiger partial charge in [0.2, 0.25) is 5.91 Å². The molecular weight excluding hydrogens is 574 g/mol. The van der Waals surface area contributed by atoms with E-state index in [0.29, 0.717) is 41.3 Å². The summed E-state index contributed by atoms with van der Waals surface area (Å²) in [6.07, 6.45) is 2.17. The number of methoxy groups -OCH3 is 1. The number of carbonyl (C=O) groups is 3. The molecule has 4 aromatic carbocycles. The lowest BCUT2D eigenvalue weighted by atomic mass is 10.1. The molecule has 3 amide bonds. The van der Waals surface area contributed by atoms with Gasteiger partial charge in [0.15, 0.2) is 0 Å². The average Bonchev–Trinajstić information content (AvgIpc) is 3.05. The van der Waals surface area contributed by atoms with Crippen LogP contribution in [0.25, 0.3) is 6.08 Å². The molecule has 44 heavy (non-hydrogen) atoms. The number of anilines is 2. The standard InChI is InChI=1S/C35H35N3O5S/c1-4-32(35(41)36-26-18-20-28(21-19-26)43-5-2)44-29-16-11-15-27(23-29)37-34(40)30(22-25-14-9-10-17-31(25)42-3)38-33(39)24-12-7-6-8-13-24/h6-23,32H,4-5H2,1-3H3,(H,36,41)(H,37,40)(H,38,39)/b30-22+. The van der Waals surface area contributed by atoms with Crippen molar-refractivity contribution in [2.75, 3.05) is 24.4 Å². The Hall–Kier alpha value is -5.02. The number of benzene rings is 4. The molecule has 1 unspecified atom stereocenters. The summed E-state index contributed by atoms with van der Waals surface area (Å²) in [5, 5.41) is 8.23. The van der Waals surface area contributed by atoms with Gasteiger partial charge in [-0.1, -0.05) is 49.4 Å². The number of hydrogen-bond donors (Lipinski definition) is 3. The van der Waals surface area contributed by atoms with E-state index >= 15 is 0 Å². The van der Waals surface area contributed by atoms with Crippen LogP contribution in [0.4, 0.5) is 11.4 Å². The van der Waals surface area contributed by atoms with Crippen molar-refractivity contribution in [3.63, 3.8) is 0 Å². The van der Waals surface area contributed by atoms with Crippen molar-refractivity contribution in [1.82, 2.24) is 5.32 Å². The van der Waals surface area contributed by atoms with Crippen molar-refractivity contribution in [3.05, 3.63) is 120 Å². The predicted molar refractivity (Wildman–Crippen MR) is 176 cm³/mol. The monoisotopic (exact) mass is 609 g/mol. The SMILES string of the molecule is CCOc1ccc(NC(=O)C(CC)Sc2cccc(NC(=O)/C(=C\c3ccccc3OC)NC(=O)c3ccccc3)c2)cc1. The van der Waals surface area contributed by atoms with E-state index in [1.807, 2.05) is 62.4 Å². The molecule has 0 aliphatic carbocycles. The quantitative estimate of drug-likeness (QED) is 0.111. The van der Waals surface area contributed by atoms with Crippen LogP contribution in [0.15, 0.2) is 114 Å². The molecular formula is C35H35N3O5S. The molecule has 0 fully saturated rings. The van der Waals surface area contributed by atoms with Gasteiger partial charge < -0.3 is 25.4 Å². The van der Waals surface area contributed by atoms with Gasteiger partial charge in [-0.05, 0) is 80.1 Å². The van der Waals surface area contributed by atoms with Gasteiger partial charge in [0.25, 0.3) is 11.8 Å². The van der Waals surface area contributed by atoms with Crippen LogP contribution in [0.5, 0.6) is 11.5 Å². The van der Waals surface area contributed by atoms with E-state index in [-0.39, 0.29) is 16.9 Å². The molecule has 1 atom stereocenters. The van der Waals surface area contributed by atoms with E-state index in [9.17, 15) is 14.4 Å². The fraction of sp³-hybridized carbons (Fsp3) is 0.171. The Kier molecular flexibility index (Phi) is 11.6. The molecule has 0 saturated heterocycles. The molecule has 0 heterocycles. The van der Waals surface area contributed by atoms with Crippen LogP contribution in [-0.4, -0.2) is 36.7 Å². The van der Waals surface area contributed by atoms with Crippen molar-refractivity contribution in [2.45, 2.75) is 30.4 Å². The van der Waals surface area contributed by atoms with Crippen molar-refractivity contribution in [3.8, 4) is 11.5 Å². The number of rotatable bonds is 13. The van der Waals surface area contributed by atoms with Crippen LogP contribution in [-0.2, 0) is 9.59 Å². The van der Waals surface area contributed by atoms with Gasteiger partial charge in [0.05, 0.1) is 19.0 Å². The minimum absolute atomic E-state index is 0.0441. The number of hydrogen-bond acceptors (Lipinski definition) is 6. The van der Waals surface area contributed by atoms with Gasteiger partial charge in [0, 0.05) is 27.4 Å². The largest absolute Gasteiger partial charge is 0.496 e. The summed E-state index contributed by atoms with van der Waals surface area (Å²) in [5.41, 5.74) is 2.29. The minimum Gasteiger partial charge on any atom is -0.496 e. The topological polar surface area (TPSA) is 106 Å². The number of carbonyl (C=O) groups excluding carboxylic acids is 3. The zero-order valence-electron chi connectivity index (χ0n) is 24.8. The molecule has 4 rings (SSSR count). The van der Waals surface area contributed by atoms with Crippen LogP contribution >= 0.6 is 11.8 Å². The minimum atomic E-state index is -0.511. The summed E-state index contributed by atoms with van der Waals surface area (Å²) in [6.45, 7) is 4.44. The normalized spacial score (nSPS) is 11.7. The molecule has 3 N–H and O–H groups in total. The first-order valence-electron chi connectivity index (χ1n) is 14.2. The van der Waals surface area contributed by atoms with Crippen LogP contribution in [0, 0.1) is 0 Å². The van der Waals surface area contributed by atoms with E-state index in [2.05, 4.69) is 16.0 Å². The third-order valence-electron chi connectivity index (χ3n) is 6.43. The summed E-state index contributed by atoms with van der Waals surface area (Å²) in [7, 11) is 1.54. The second kappa shape index (κ2) is 16.0. The van der Waals surface area contributed by atoms with E-state index < -0.39 is 11.8 Å². The third kappa shape index (κ3) is 8.99. The highest BCUT2D eigenvalue weighted by Gasteiger charge is 2.20.